The van der Waals surface area contributed by atoms with Gasteiger partial charge in [-0.2, -0.15) is 0 Å². The van der Waals surface area contributed by atoms with Crippen LogP contribution in [0.1, 0.15) is 43.4 Å². The lowest BCUT2D eigenvalue weighted by Gasteiger charge is -2.30. The molecule has 0 amide bonds. The van der Waals surface area contributed by atoms with E-state index in [2.05, 4.69) is 43.4 Å². The SMILES string of the molecule is Cc1ccccc1[C@@H](C)NC1CCC1. The molecule has 1 aliphatic rings. The predicted molar refractivity (Wildman–Crippen MR) is 60.4 cm³/mol. The molecule has 1 saturated carbocycles. The molecule has 0 saturated heterocycles. The Morgan fingerprint density at radius 3 is 2.57 bits per heavy atom. The normalized spacial score (nSPS) is 19.0. The van der Waals surface area contributed by atoms with E-state index in [1.807, 2.05) is 0 Å². The molecule has 0 aromatic heterocycles. The summed E-state index contributed by atoms with van der Waals surface area (Å²) >= 11 is 0. The number of hydrogen-bond acceptors (Lipinski definition) is 1. The quantitative estimate of drug-likeness (QED) is 0.770. The molecular weight excluding hydrogens is 170 g/mol. The van der Waals surface area contributed by atoms with Crippen molar-refractivity contribution in [2.24, 2.45) is 0 Å². The maximum absolute atomic E-state index is 3.67. The summed E-state index contributed by atoms with van der Waals surface area (Å²) in [5.41, 5.74) is 2.84. The third-order valence-electron chi connectivity index (χ3n) is 3.25. The maximum atomic E-state index is 3.67. The average molecular weight is 189 g/mol. The molecule has 0 bridgehead atoms. The summed E-state index contributed by atoms with van der Waals surface area (Å²) in [4.78, 5) is 0. The highest BCUT2D eigenvalue weighted by atomic mass is 15.0. The van der Waals surface area contributed by atoms with Crippen molar-refractivity contribution in [3.05, 3.63) is 35.4 Å². The third-order valence-corrected chi connectivity index (χ3v) is 3.25. The Morgan fingerprint density at radius 2 is 2.00 bits per heavy atom. The minimum absolute atomic E-state index is 0.501. The number of benzene rings is 1. The lowest BCUT2D eigenvalue weighted by Crippen LogP contribution is -2.36. The first-order chi connectivity index (χ1) is 6.77. The fourth-order valence-corrected chi connectivity index (χ4v) is 2.09. The summed E-state index contributed by atoms with van der Waals surface area (Å²) in [6, 6.07) is 9.92. The Morgan fingerprint density at radius 1 is 1.29 bits per heavy atom. The Labute approximate surface area is 86.5 Å². The van der Waals surface area contributed by atoms with Gasteiger partial charge in [0.15, 0.2) is 0 Å². The molecule has 1 heteroatoms. The molecule has 1 aromatic carbocycles. The van der Waals surface area contributed by atoms with Crippen molar-refractivity contribution in [3.8, 4) is 0 Å². The van der Waals surface area contributed by atoms with Crippen LogP contribution in [0.5, 0.6) is 0 Å². The molecule has 0 aliphatic heterocycles. The van der Waals surface area contributed by atoms with Crippen LogP contribution in [0.4, 0.5) is 0 Å². The molecule has 2 rings (SSSR count). The predicted octanol–water partition coefficient (Wildman–Crippen LogP) is 3.20. The molecule has 0 heterocycles. The van der Waals surface area contributed by atoms with Crippen molar-refractivity contribution in [1.29, 1.82) is 0 Å². The van der Waals surface area contributed by atoms with E-state index in [0.717, 1.165) is 6.04 Å². The lowest BCUT2D eigenvalue weighted by molar-refractivity contribution is 0.313. The summed E-state index contributed by atoms with van der Waals surface area (Å²) in [5.74, 6) is 0. The second-order valence-electron chi connectivity index (χ2n) is 4.37. The van der Waals surface area contributed by atoms with Crippen LogP contribution in [-0.2, 0) is 0 Å². The molecule has 76 valence electrons. The van der Waals surface area contributed by atoms with Gasteiger partial charge < -0.3 is 5.32 Å². The molecule has 1 nitrogen and oxygen atoms in total. The lowest BCUT2D eigenvalue weighted by atomic mass is 9.91. The summed E-state index contributed by atoms with van der Waals surface area (Å²) < 4.78 is 0. The van der Waals surface area contributed by atoms with Gasteiger partial charge in [0.25, 0.3) is 0 Å². The van der Waals surface area contributed by atoms with Gasteiger partial charge in [0.1, 0.15) is 0 Å². The summed E-state index contributed by atoms with van der Waals surface area (Å²) in [6.07, 6.45) is 4.12. The van der Waals surface area contributed by atoms with E-state index < -0.39 is 0 Å². The standard InChI is InChI=1S/C13H19N/c1-10-6-3-4-9-13(10)11(2)14-12-7-5-8-12/h3-4,6,9,11-12,14H,5,7-8H2,1-2H3/t11-/m1/s1. The van der Waals surface area contributed by atoms with Gasteiger partial charge in [-0.3, -0.25) is 0 Å². The van der Waals surface area contributed by atoms with E-state index in [1.165, 1.54) is 30.4 Å². The van der Waals surface area contributed by atoms with Gasteiger partial charge in [-0.1, -0.05) is 30.7 Å². The minimum atomic E-state index is 0.501. The zero-order chi connectivity index (χ0) is 9.97. The molecule has 14 heavy (non-hydrogen) atoms. The molecule has 0 unspecified atom stereocenters. The van der Waals surface area contributed by atoms with E-state index in [4.69, 9.17) is 0 Å². The van der Waals surface area contributed by atoms with Crippen LogP contribution in [0.3, 0.4) is 0 Å². The van der Waals surface area contributed by atoms with Crippen molar-refractivity contribution in [2.75, 3.05) is 0 Å². The van der Waals surface area contributed by atoms with Crippen LogP contribution in [0.25, 0.3) is 0 Å². The smallest absolute Gasteiger partial charge is 0.0296 e. The van der Waals surface area contributed by atoms with Crippen molar-refractivity contribution in [3.63, 3.8) is 0 Å². The fraction of sp³-hybridized carbons (Fsp3) is 0.538. The molecule has 1 N–H and O–H groups in total. The van der Waals surface area contributed by atoms with Crippen LogP contribution in [0, 0.1) is 6.92 Å². The van der Waals surface area contributed by atoms with Crippen molar-refractivity contribution in [1.82, 2.24) is 5.32 Å². The first-order valence-electron chi connectivity index (χ1n) is 5.59. The Balaban J connectivity index is 2.02. The topological polar surface area (TPSA) is 12.0 Å². The number of aryl methyl sites for hydroxylation is 1. The molecule has 0 spiro atoms. The third kappa shape index (κ3) is 1.98. The number of hydrogen-bond donors (Lipinski definition) is 1. The highest BCUT2D eigenvalue weighted by Gasteiger charge is 2.19. The highest BCUT2D eigenvalue weighted by molar-refractivity contribution is 5.28. The van der Waals surface area contributed by atoms with Gasteiger partial charge in [0.2, 0.25) is 0 Å². The molecule has 1 aliphatic carbocycles. The summed E-state index contributed by atoms with van der Waals surface area (Å²) in [5, 5.41) is 3.67. The van der Waals surface area contributed by atoms with Gasteiger partial charge in [-0.15, -0.1) is 0 Å². The van der Waals surface area contributed by atoms with Gasteiger partial charge in [0, 0.05) is 12.1 Å². The van der Waals surface area contributed by atoms with Crippen LogP contribution in [0.15, 0.2) is 24.3 Å². The van der Waals surface area contributed by atoms with Gasteiger partial charge in [0.05, 0.1) is 0 Å². The number of rotatable bonds is 3. The van der Waals surface area contributed by atoms with E-state index >= 15 is 0 Å². The monoisotopic (exact) mass is 189 g/mol. The van der Waals surface area contributed by atoms with Crippen molar-refractivity contribution >= 4 is 0 Å². The molecule has 1 aromatic rings. The van der Waals surface area contributed by atoms with Crippen molar-refractivity contribution < 1.29 is 0 Å². The second kappa shape index (κ2) is 4.14. The van der Waals surface area contributed by atoms with Crippen LogP contribution >= 0.6 is 0 Å². The van der Waals surface area contributed by atoms with Crippen molar-refractivity contribution in [2.45, 2.75) is 45.2 Å². The van der Waals surface area contributed by atoms with Crippen LogP contribution < -0.4 is 5.32 Å². The fourth-order valence-electron chi connectivity index (χ4n) is 2.09. The largest absolute Gasteiger partial charge is 0.307 e. The summed E-state index contributed by atoms with van der Waals surface area (Å²) in [6.45, 7) is 4.45. The van der Waals surface area contributed by atoms with E-state index in [0.29, 0.717) is 6.04 Å². The molecule has 1 fully saturated rings. The Kier molecular flexibility index (Phi) is 2.87. The first kappa shape index (κ1) is 9.72. The van der Waals surface area contributed by atoms with Crippen LogP contribution in [0.2, 0.25) is 0 Å². The Bertz CT molecular complexity index is 302. The minimum Gasteiger partial charge on any atom is -0.307 e. The second-order valence-corrected chi connectivity index (χ2v) is 4.37. The van der Waals surface area contributed by atoms with E-state index in [1.54, 1.807) is 0 Å². The van der Waals surface area contributed by atoms with Gasteiger partial charge >= 0.3 is 0 Å². The zero-order valence-electron chi connectivity index (χ0n) is 9.09. The molecular formula is C13H19N. The van der Waals surface area contributed by atoms with E-state index in [-0.39, 0.29) is 0 Å². The van der Waals surface area contributed by atoms with Gasteiger partial charge in [-0.25, -0.2) is 0 Å². The van der Waals surface area contributed by atoms with E-state index in [9.17, 15) is 0 Å². The maximum Gasteiger partial charge on any atom is 0.0296 e. The molecule has 0 radical (unpaired) electrons. The average Bonchev–Trinajstić information content (AvgIpc) is 2.12. The highest BCUT2D eigenvalue weighted by Crippen LogP contribution is 2.23. The molecule has 1 atom stereocenters. The number of nitrogens with one attached hydrogen (secondary N) is 1. The Hall–Kier alpha value is -0.820. The van der Waals surface area contributed by atoms with Crippen LogP contribution in [-0.4, -0.2) is 6.04 Å². The zero-order valence-corrected chi connectivity index (χ0v) is 9.09. The summed E-state index contributed by atoms with van der Waals surface area (Å²) in [7, 11) is 0. The first-order valence-corrected chi connectivity index (χ1v) is 5.59. The van der Waals surface area contributed by atoms with Gasteiger partial charge in [-0.05, 0) is 37.8 Å².